The summed E-state index contributed by atoms with van der Waals surface area (Å²) in [6.45, 7) is 1.72. The molecule has 29 heavy (non-hydrogen) atoms. The van der Waals surface area contributed by atoms with E-state index in [1.54, 1.807) is 4.90 Å². The van der Waals surface area contributed by atoms with Crippen molar-refractivity contribution in [3.8, 4) is 11.5 Å². The molecule has 0 spiro atoms. The molecule has 0 aliphatic rings. The van der Waals surface area contributed by atoms with Gasteiger partial charge in [0, 0.05) is 25.3 Å². The number of anilines is 1. The van der Waals surface area contributed by atoms with Crippen molar-refractivity contribution in [2.45, 2.75) is 6.54 Å². The van der Waals surface area contributed by atoms with Gasteiger partial charge in [-0.2, -0.15) is 0 Å². The molecule has 0 aliphatic heterocycles. The van der Waals surface area contributed by atoms with Crippen molar-refractivity contribution in [3.63, 3.8) is 0 Å². The fourth-order valence-corrected chi connectivity index (χ4v) is 2.79. The van der Waals surface area contributed by atoms with Gasteiger partial charge in [0.1, 0.15) is 24.7 Å². The third-order valence-corrected chi connectivity index (χ3v) is 4.33. The van der Waals surface area contributed by atoms with Gasteiger partial charge >= 0.3 is 0 Å². The van der Waals surface area contributed by atoms with Crippen LogP contribution in [0, 0.1) is 0 Å². The molecule has 5 heteroatoms. The summed E-state index contributed by atoms with van der Waals surface area (Å²) in [4.78, 5) is 14.1. The first-order valence-electron chi connectivity index (χ1n) is 9.63. The van der Waals surface area contributed by atoms with Gasteiger partial charge in [0.25, 0.3) is 0 Å². The second-order valence-corrected chi connectivity index (χ2v) is 6.63. The number of likely N-dealkylation sites (N-methyl/N-ethyl adjacent to an activating group) is 1. The Morgan fingerprint density at radius 3 is 2.17 bits per heavy atom. The molecule has 150 valence electrons. The Kier molecular flexibility index (Phi) is 7.52. The Hall–Kier alpha value is -3.47. The molecule has 3 aromatic rings. The van der Waals surface area contributed by atoms with E-state index in [2.05, 4.69) is 5.32 Å². The van der Waals surface area contributed by atoms with Crippen LogP contribution in [-0.4, -0.2) is 37.6 Å². The number of rotatable bonds is 10. The number of nitrogens with one attached hydrogen (secondary N) is 1. The zero-order valence-electron chi connectivity index (χ0n) is 16.6. The molecule has 3 aromatic carbocycles. The third kappa shape index (κ3) is 6.88. The number of amides is 1. The van der Waals surface area contributed by atoms with Crippen LogP contribution in [0.4, 0.5) is 5.69 Å². The maximum absolute atomic E-state index is 12.4. The highest BCUT2D eigenvalue weighted by molar-refractivity contribution is 5.80. The molecule has 0 aliphatic carbocycles. The Balaban J connectivity index is 1.41. The van der Waals surface area contributed by atoms with E-state index in [-0.39, 0.29) is 12.5 Å². The fraction of sp³-hybridized carbons (Fsp3) is 0.208. The summed E-state index contributed by atoms with van der Waals surface area (Å²) in [5, 5.41) is 3.17. The number of hydrogen-bond acceptors (Lipinski definition) is 4. The fourth-order valence-electron chi connectivity index (χ4n) is 2.79. The van der Waals surface area contributed by atoms with E-state index in [0.717, 1.165) is 22.7 Å². The number of hydrogen-bond donors (Lipinski definition) is 1. The van der Waals surface area contributed by atoms with E-state index in [0.29, 0.717) is 19.8 Å². The molecule has 1 amide bonds. The largest absolute Gasteiger partial charge is 0.490 e. The van der Waals surface area contributed by atoms with Crippen molar-refractivity contribution in [2.24, 2.45) is 0 Å². The van der Waals surface area contributed by atoms with Gasteiger partial charge in [0.2, 0.25) is 5.91 Å². The summed E-state index contributed by atoms with van der Waals surface area (Å²) in [5.41, 5.74) is 1.95. The number of ether oxygens (including phenoxy) is 2. The minimum atomic E-state index is 0.0245. The van der Waals surface area contributed by atoms with E-state index < -0.39 is 0 Å². The zero-order chi connectivity index (χ0) is 20.3. The van der Waals surface area contributed by atoms with Gasteiger partial charge in [-0.05, 0) is 29.8 Å². The van der Waals surface area contributed by atoms with E-state index in [1.165, 1.54) is 0 Å². The topological polar surface area (TPSA) is 50.8 Å². The molecule has 1 N–H and O–H groups in total. The summed E-state index contributed by atoms with van der Waals surface area (Å²) in [6, 6.07) is 27.2. The maximum Gasteiger partial charge on any atom is 0.241 e. The van der Waals surface area contributed by atoms with Crippen LogP contribution in [0.3, 0.4) is 0 Å². The second kappa shape index (κ2) is 10.8. The zero-order valence-corrected chi connectivity index (χ0v) is 16.6. The van der Waals surface area contributed by atoms with Crippen molar-refractivity contribution in [2.75, 3.05) is 32.1 Å². The molecule has 0 unspecified atom stereocenters. The lowest BCUT2D eigenvalue weighted by molar-refractivity contribution is -0.128. The van der Waals surface area contributed by atoms with E-state index in [9.17, 15) is 4.79 Å². The molecular formula is C24H26N2O3. The summed E-state index contributed by atoms with van der Waals surface area (Å²) >= 11 is 0. The van der Waals surface area contributed by atoms with Gasteiger partial charge in [0.15, 0.2) is 0 Å². The normalized spacial score (nSPS) is 10.2. The standard InChI is InChI=1S/C24H26N2O3/c1-26(19-20-9-4-2-5-10-20)24(27)18-25-21-11-8-14-23(17-21)29-16-15-28-22-12-6-3-7-13-22/h2-14,17,25H,15-16,18-19H2,1H3. The first-order valence-corrected chi connectivity index (χ1v) is 9.63. The highest BCUT2D eigenvalue weighted by Gasteiger charge is 2.09. The first kappa shape index (κ1) is 20.3. The summed E-state index contributed by atoms with van der Waals surface area (Å²) in [7, 11) is 1.81. The van der Waals surface area contributed by atoms with Crippen LogP contribution >= 0.6 is 0 Å². The van der Waals surface area contributed by atoms with Crippen LogP contribution in [0.25, 0.3) is 0 Å². The van der Waals surface area contributed by atoms with E-state index >= 15 is 0 Å². The molecular weight excluding hydrogens is 364 g/mol. The van der Waals surface area contributed by atoms with E-state index in [4.69, 9.17) is 9.47 Å². The predicted molar refractivity (Wildman–Crippen MR) is 115 cm³/mol. The molecule has 0 radical (unpaired) electrons. The molecule has 0 fully saturated rings. The molecule has 5 nitrogen and oxygen atoms in total. The molecule has 0 atom stereocenters. The van der Waals surface area contributed by atoms with Gasteiger partial charge in [0.05, 0.1) is 6.54 Å². The van der Waals surface area contributed by atoms with Gasteiger partial charge < -0.3 is 19.7 Å². The number of carbonyl (C=O) groups excluding carboxylic acids is 1. The summed E-state index contributed by atoms with van der Waals surface area (Å²) < 4.78 is 11.4. The molecule has 0 saturated heterocycles. The molecule has 3 rings (SSSR count). The average Bonchev–Trinajstić information content (AvgIpc) is 2.77. The number of carbonyl (C=O) groups is 1. The van der Waals surface area contributed by atoms with Crippen molar-refractivity contribution >= 4 is 11.6 Å². The van der Waals surface area contributed by atoms with E-state index in [1.807, 2.05) is 92.0 Å². The van der Waals surface area contributed by atoms with Crippen LogP contribution in [-0.2, 0) is 11.3 Å². The predicted octanol–water partition coefficient (Wildman–Crippen LogP) is 4.21. The number of para-hydroxylation sites is 1. The van der Waals surface area contributed by atoms with Crippen molar-refractivity contribution < 1.29 is 14.3 Å². The van der Waals surface area contributed by atoms with Gasteiger partial charge in [-0.1, -0.05) is 54.6 Å². The SMILES string of the molecule is CN(Cc1ccccc1)C(=O)CNc1cccc(OCCOc2ccccc2)c1. The third-order valence-electron chi connectivity index (χ3n) is 4.33. The monoisotopic (exact) mass is 390 g/mol. The summed E-state index contributed by atoms with van der Waals surface area (Å²) in [5.74, 6) is 1.58. The molecule has 0 aromatic heterocycles. The van der Waals surface area contributed by atoms with Crippen molar-refractivity contribution in [3.05, 3.63) is 90.5 Å². The highest BCUT2D eigenvalue weighted by atomic mass is 16.5. The van der Waals surface area contributed by atoms with Gasteiger partial charge in [-0.15, -0.1) is 0 Å². The van der Waals surface area contributed by atoms with Crippen LogP contribution in [0.2, 0.25) is 0 Å². The summed E-state index contributed by atoms with van der Waals surface area (Å²) in [6.07, 6.45) is 0. The molecule has 0 saturated carbocycles. The molecule has 0 heterocycles. The highest BCUT2D eigenvalue weighted by Crippen LogP contribution is 2.17. The molecule has 0 bridgehead atoms. The first-order chi connectivity index (χ1) is 14.2. The Bertz CT molecular complexity index is 885. The number of benzene rings is 3. The van der Waals surface area contributed by atoms with Gasteiger partial charge in [-0.25, -0.2) is 0 Å². The van der Waals surface area contributed by atoms with Crippen LogP contribution in [0.15, 0.2) is 84.9 Å². The van der Waals surface area contributed by atoms with Crippen LogP contribution in [0.1, 0.15) is 5.56 Å². The Morgan fingerprint density at radius 2 is 1.45 bits per heavy atom. The minimum Gasteiger partial charge on any atom is -0.490 e. The average molecular weight is 390 g/mol. The quantitative estimate of drug-likeness (QED) is 0.527. The lowest BCUT2D eigenvalue weighted by atomic mass is 10.2. The van der Waals surface area contributed by atoms with Crippen molar-refractivity contribution in [1.29, 1.82) is 0 Å². The van der Waals surface area contributed by atoms with Crippen LogP contribution in [0.5, 0.6) is 11.5 Å². The number of nitrogens with zero attached hydrogens (tertiary/aromatic N) is 1. The van der Waals surface area contributed by atoms with Crippen molar-refractivity contribution in [1.82, 2.24) is 4.90 Å². The lowest BCUT2D eigenvalue weighted by Crippen LogP contribution is -2.31. The smallest absolute Gasteiger partial charge is 0.241 e. The van der Waals surface area contributed by atoms with Gasteiger partial charge in [-0.3, -0.25) is 4.79 Å². The Morgan fingerprint density at radius 1 is 0.828 bits per heavy atom. The second-order valence-electron chi connectivity index (χ2n) is 6.63. The maximum atomic E-state index is 12.4. The Labute approximate surface area is 171 Å². The van der Waals surface area contributed by atoms with Crippen LogP contribution < -0.4 is 14.8 Å². The lowest BCUT2D eigenvalue weighted by Gasteiger charge is -2.18. The minimum absolute atomic E-state index is 0.0245.